The monoisotopic (exact) mass is 1000 g/mol. The first kappa shape index (κ1) is 49.5. The van der Waals surface area contributed by atoms with E-state index >= 15 is 0 Å². The molecule has 5 unspecified atom stereocenters. The van der Waals surface area contributed by atoms with Crippen LogP contribution in [-0.2, 0) is 38.8 Å². The van der Waals surface area contributed by atoms with Gasteiger partial charge in [0.1, 0.15) is 17.3 Å². The molecule has 376 valence electrons. The minimum Gasteiger partial charge on any atom is -0.483 e. The molecule has 2 aromatic rings. The number of rotatable bonds is 14. The molecule has 70 heavy (non-hydrogen) atoms. The Morgan fingerprint density at radius 3 is 2.17 bits per heavy atom. The highest BCUT2D eigenvalue weighted by molar-refractivity contribution is 8.00. The second kappa shape index (κ2) is 21.1. The molecule has 8 amide bonds. The van der Waals surface area contributed by atoms with Gasteiger partial charge in [-0.2, -0.15) is 0 Å². The van der Waals surface area contributed by atoms with Gasteiger partial charge < -0.3 is 25.2 Å². The summed E-state index contributed by atoms with van der Waals surface area (Å²) in [5.41, 5.74) is 5.51. The van der Waals surface area contributed by atoms with Gasteiger partial charge in [0.15, 0.2) is 6.61 Å². The maximum Gasteiger partial charge on any atom is 0.266 e. The third kappa shape index (κ3) is 11.0. The number of hydrazine groups is 1. The molecule has 0 spiro atoms. The molecule has 0 radical (unpaired) electrons. The van der Waals surface area contributed by atoms with E-state index in [0.29, 0.717) is 51.0 Å². The van der Waals surface area contributed by atoms with Crippen LogP contribution in [0.1, 0.15) is 95.3 Å². The lowest BCUT2D eigenvalue weighted by atomic mass is 9.79. The largest absolute Gasteiger partial charge is 0.483 e. The highest BCUT2D eigenvalue weighted by Crippen LogP contribution is 2.36. The van der Waals surface area contributed by atoms with Crippen molar-refractivity contribution >= 4 is 69.0 Å². The molecule has 0 saturated carbocycles. The fraction of sp³-hybridized carbons (Fsp3) is 0.574. The molecule has 5 atom stereocenters. The van der Waals surface area contributed by atoms with Gasteiger partial charge in [0.2, 0.25) is 39.6 Å². The summed E-state index contributed by atoms with van der Waals surface area (Å²) in [6, 6.07) is 11.8. The maximum absolute atomic E-state index is 13.5. The van der Waals surface area contributed by atoms with Crippen LogP contribution in [0.25, 0.3) is 0 Å². The zero-order chi connectivity index (χ0) is 49.3. The van der Waals surface area contributed by atoms with Crippen LogP contribution >= 0.6 is 11.8 Å². The number of piperidine rings is 3. The first-order valence-electron chi connectivity index (χ1n) is 24.1. The molecular weight excluding hydrogens is 945 g/mol. The predicted octanol–water partition coefficient (Wildman–Crippen LogP) is 0.0704. The van der Waals surface area contributed by atoms with Crippen molar-refractivity contribution in [3.05, 3.63) is 64.7 Å². The Kier molecular flexibility index (Phi) is 14.9. The average Bonchev–Trinajstić information content (AvgIpc) is 4.19. The first-order chi connectivity index (χ1) is 33.6. The van der Waals surface area contributed by atoms with E-state index in [-0.39, 0.29) is 97.2 Å². The van der Waals surface area contributed by atoms with Gasteiger partial charge in [-0.3, -0.25) is 53.9 Å². The number of nitrogens with zero attached hydrogens (tertiary/aromatic N) is 5. The quantitative estimate of drug-likeness (QED) is 0.157. The number of sulfonamides is 1. The van der Waals surface area contributed by atoms with E-state index in [2.05, 4.69) is 44.9 Å². The highest BCUT2D eigenvalue weighted by Gasteiger charge is 2.46. The summed E-state index contributed by atoms with van der Waals surface area (Å²) in [7, 11) is -3.36. The van der Waals surface area contributed by atoms with Crippen LogP contribution in [-0.4, -0.2) is 169 Å². The number of hydrogen-bond acceptors (Lipinski definition) is 15. The topological polar surface area (TPSA) is 256 Å². The van der Waals surface area contributed by atoms with Crippen molar-refractivity contribution in [2.45, 2.75) is 75.0 Å². The highest BCUT2D eigenvalue weighted by atomic mass is 32.2. The van der Waals surface area contributed by atoms with Gasteiger partial charge in [0, 0.05) is 70.1 Å². The Morgan fingerprint density at radius 2 is 1.49 bits per heavy atom. The molecule has 7 heterocycles. The first-order valence-corrected chi connectivity index (χ1v) is 27.0. The van der Waals surface area contributed by atoms with Crippen molar-refractivity contribution in [2.24, 2.45) is 17.8 Å². The van der Waals surface area contributed by atoms with E-state index in [1.807, 2.05) is 16.0 Å². The van der Waals surface area contributed by atoms with Gasteiger partial charge in [0.25, 0.3) is 17.7 Å². The lowest BCUT2D eigenvalue weighted by Gasteiger charge is -2.40. The Balaban J connectivity index is 0.665. The van der Waals surface area contributed by atoms with E-state index in [1.165, 1.54) is 16.4 Å². The summed E-state index contributed by atoms with van der Waals surface area (Å²) in [6.45, 7) is 3.43. The molecule has 0 aliphatic carbocycles. The van der Waals surface area contributed by atoms with Crippen LogP contribution in [0.4, 0.5) is 0 Å². The maximum atomic E-state index is 13.5. The van der Waals surface area contributed by atoms with Crippen LogP contribution in [0.5, 0.6) is 5.75 Å². The van der Waals surface area contributed by atoms with Gasteiger partial charge >= 0.3 is 0 Å². The number of fused-ring (bicyclic) bond motifs is 1. The van der Waals surface area contributed by atoms with Gasteiger partial charge in [0.05, 0.1) is 36.4 Å². The molecule has 7 aliphatic heterocycles. The van der Waals surface area contributed by atoms with Crippen molar-refractivity contribution in [1.29, 1.82) is 0 Å². The number of thioether (sulfide) groups is 1. The summed E-state index contributed by atoms with van der Waals surface area (Å²) >= 11 is 1.57. The van der Waals surface area contributed by atoms with E-state index in [4.69, 9.17) is 4.74 Å². The standard InChI is InChI=1S/C47H60N10O11S2/c1-70(66,67)56-21-14-32(24-56)43(62)48-23-39(59)51-47-49-35(27-69-47)31-5-2-4-30(22-31)34-15-20-55(52-34)25-40(60)53-16-10-28(11-17-53)29-12-18-54(19-13-29)41(61)26-68-37-7-3-6-33-42(37)46(65)57(45(33)64)36-8-9-38(58)50-44(36)63/h2-7,22,28-29,32,34-36,47,49,52H,8-21,23-27H2,1H3,(H,48,62)(H,51,59)(H,50,58,63). The molecule has 5 N–H and O–H groups in total. The number of likely N-dealkylation sites (tertiary alicyclic amines) is 2. The van der Waals surface area contributed by atoms with E-state index in [9.17, 15) is 46.8 Å². The number of amides is 8. The second-order valence-corrected chi connectivity index (χ2v) is 22.4. The second-order valence-electron chi connectivity index (χ2n) is 19.2. The molecule has 9 rings (SSSR count). The van der Waals surface area contributed by atoms with E-state index in [0.717, 1.165) is 66.7 Å². The summed E-state index contributed by atoms with van der Waals surface area (Å²) in [4.78, 5) is 107. The average molecular weight is 1010 g/mol. The number of carbonyl (C=O) groups is 8. The number of nitrogens with one attached hydrogen (secondary N) is 5. The van der Waals surface area contributed by atoms with Gasteiger partial charge in [-0.25, -0.2) is 23.2 Å². The Bertz CT molecular complexity index is 2530. The zero-order valence-electron chi connectivity index (χ0n) is 39.1. The van der Waals surface area contributed by atoms with Crippen LogP contribution < -0.4 is 31.4 Å². The van der Waals surface area contributed by atoms with Crippen molar-refractivity contribution < 1.29 is 51.5 Å². The number of benzene rings is 2. The fourth-order valence-corrected chi connectivity index (χ4v) is 12.9. The number of imide groups is 2. The summed E-state index contributed by atoms with van der Waals surface area (Å²) in [5.74, 6) is -2.06. The molecule has 2 aromatic carbocycles. The Labute approximate surface area is 410 Å². The van der Waals surface area contributed by atoms with Crippen LogP contribution in [0.2, 0.25) is 0 Å². The van der Waals surface area contributed by atoms with Crippen molar-refractivity contribution in [3.8, 4) is 5.75 Å². The Hall–Kier alpha value is -5.46. The molecular formula is C47H60N10O11S2. The zero-order valence-corrected chi connectivity index (χ0v) is 40.7. The van der Waals surface area contributed by atoms with Gasteiger partial charge in [-0.15, -0.1) is 11.8 Å². The van der Waals surface area contributed by atoms with Crippen LogP contribution in [0.3, 0.4) is 0 Å². The summed E-state index contributed by atoms with van der Waals surface area (Å²) in [6.07, 6.45) is 5.92. The predicted molar refractivity (Wildman–Crippen MR) is 254 cm³/mol. The Morgan fingerprint density at radius 1 is 0.800 bits per heavy atom. The fourth-order valence-electron chi connectivity index (χ4n) is 10.8. The lowest BCUT2D eigenvalue weighted by molar-refractivity contribution is -0.136. The number of hydrogen-bond donors (Lipinski definition) is 5. The molecule has 6 saturated heterocycles. The molecule has 7 aliphatic rings. The van der Waals surface area contributed by atoms with E-state index in [1.54, 1.807) is 22.7 Å². The van der Waals surface area contributed by atoms with Crippen molar-refractivity contribution in [3.63, 3.8) is 0 Å². The van der Waals surface area contributed by atoms with E-state index < -0.39 is 45.6 Å². The lowest BCUT2D eigenvalue weighted by Crippen LogP contribution is -2.54. The van der Waals surface area contributed by atoms with Crippen LogP contribution in [0.15, 0.2) is 42.5 Å². The summed E-state index contributed by atoms with van der Waals surface area (Å²) < 4.78 is 30.7. The minimum atomic E-state index is -3.36. The molecule has 6 fully saturated rings. The van der Waals surface area contributed by atoms with Gasteiger partial charge in [-0.05, 0) is 80.0 Å². The molecule has 21 nitrogen and oxygen atoms in total. The van der Waals surface area contributed by atoms with Crippen LogP contribution in [0, 0.1) is 17.8 Å². The number of carbonyl (C=O) groups excluding carboxylic acids is 8. The molecule has 0 bridgehead atoms. The normalized spacial score (nSPS) is 26.1. The van der Waals surface area contributed by atoms with Crippen molar-refractivity contribution in [2.75, 3.05) is 77.5 Å². The summed E-state index contributed by atoms with van der Waals surface area (Å²) in [5, 5.41) is 13.2. The van der Waals surface area contributed by atoms with Gasteiger partial charge in [-0.1, -0.05) is 30.3 Å². The third-order valence-corrected chi connectivity index (χ3v) is 17.2. The SMILES string of the molecule is CS(=O)(=O)N1CCC(C(=O)NCC(=O)NC2NC(c3cccc(C4CCN(CC(=O)N5CCC(C6CCN(C(=O)COc7cccc8c7C(=O)N(C7CCC(=O)NC7=O)C8=O)CC6)CC5)N4)c3)CS2)C1. The van der Waals surface area contributed by atoms with Crippen molar-refractivity contribution in [1.82, 2.24) is 50.7 Å². The molecule has 0 aromatic heterocycles. The minimum absolute atomic E-state index is 0.00331. The number of ether oxygens (including phenoxy) is 1. The smallest absolute Gasteiger partial charge is 0.266 e. The third-order valence-electron chi connectivity index (χ3n) is 14.8. The molecule has 23 heteroatoms.